The molecule has 0 unspecified atom stereocenters. The summed E-state index contributed by atoms with van der Waals surface area (Å²) >= 11 is 0. The summed E-state index contributed by atoms with van der Waals surface area (Å²) in [6.07, 6.45) is 6.46. The van der Waals surface area contributed by atoms with E-state index < -0.39 is 0 Å². The molecule has 0 bridgehead atoms. The Bertz CT molecular complexity index is 368. The molecule has 0 amide bonds. The number of hydrogen-bond donors (Lipinski definition) is 0. The van der Waals surface area contributed by atoms with E-state index in [1.807, 2.05) is 0 Å². The molecule has 6 heteroatoms. The molecule has 0 saturated heterocycles. The van der Waals surface area contributed by atoms with Crippen LogP contribution in [-0.4, -0.2) is 33.1 Å². The van der Waals surface area contributed by atoms with Crippen LogP contribution in [0, 0.1) is 0 Å². The molecule has 0 aliphatic rings. The smallest absolute Gasteiger partial charge is 0.316 e. The van der Waals surface area contributed by atoms with E-state index in [1.165, 1.54) is 0 Å². The molecule has 0 aliphatic heterocycles. The van der Waals surface area contributed by atoms with E-state index >= 15 is 0 Å². The third-order valence-electron chi connectivity index (χ3n) is 1.63. The lowest BCUT2D eigenvalue weighted by Crippen LogP contribution is -2.11. The van der Waals surface area contributed by atoms with Gasteiger partial charge >= 0.3 is 12.0 Å². The van der Waals surface area contributed by atoms with Crippen LogP contribution >= 0.6 is 0 Å². The van der Waals surface area contributed by atoms with Crippen LogP contribution < -0.4 is 9.47 Å². The maximum absolute atomic E-state index is 5.22. The highest BCUT2D eigenvalue weighted by molar-refractivity contribution is 4.94. The van der Waals surface area contributed by atoms with Gasteiger partial charge in [0.1, 0.15) is 13.2 Å². The summed E-state index contributed by atoms with van der Waals surface area (Å²) < 4.78 is 10.4. The fourth-order valence-corrected chi connectivity index (χ4v) is 0.986. The fourth-order valence-electron chi connectivity index (χ4n) is 0.986. The van der Waals surface area contributed by atoms with Gasteiger partial charge in [0.2, 0.25) is 0 Å². The van der Waals surface area contributed by atoms with Crippen molar-refractivity contribution < 1.29 is 9.47 Å². The Hall–Kier alpha value is -2.24. The van der Waals surface area contributed by atoms with E-state index in [4.69, 9.17) is 9.47 Å². The van der Waals surface area contributed by atoms with Crippen molar-refractivity contribution in [3.63, 3.8) is 0 Å². The van der Waals surface area contributed by atoms with Crippen molar-refractivity contribution in [1.29, 1.82) is 0 Å². The molecular weight excluding hydrogens is 208 g/mol. The van der Waals surface area contributed by atoms with Gasteiger partial charge in [-0.25, -0.2) is 19.9 Å². The first-order chi connectivity index (χ1) is 7.95. The molecule has 2 rings (SSSR count). The van der Waals surface area contributed by atoms with Gasteiger partial charge in [-0.1, -0.05) is 0 Å². The molecule has 0 spiro atoms. The fraction of sp³-hybridized carbons (Fsp3) is 0.200. The predicted octanol–water partition coefficient (Wildman–Crippen LogP) is 0.724. The zero-order valence-electron chi connectivity index (χ0n) is 8.48. The summed E-state index contributed by atoms with van der Waals surface area (Å²) in [6, 6.07) is 4.11. The average Bonchev–Trinajstić information content (AvgIpc) is 2.37. The van der Waals surface area contributed by atoms with Gasteiger partial charge in [0.05, 0.1) is 0 Å². The summed E-state index contributed by atoms with van der Waals surface area (Å²) in [5.74, 6) is 0. The Balaban J connectivity index is 1.70. The molecule has 0 N–H and O–H groups in total. The molecule has 0 saturated carbocycles. The topological polar surface area (TPSA) is 70.0 Å². The Morgan fingerprint density at radius 2 is 1.06 bits per heavy atom. The van der Waals surface area contributed by atoms with Gasteiger partial charge in [-0.15, -0.1) is 0 Å². The van der Waals surface area contributed by atoms with Crippen molar-refractivity contribution >= 4 is 0 Å². The molecule has 0 aliphatic carbocycles. The van der Waals surface area contributed by atoms with Crippen molar-refractivity contribution in [3.8, 4) is 12.0 Å². The molecular formula is C10H10N4O2. The van der Waals surface area contributed by atoms with E-state index in [-0.39, 0.29) is 0 Å². The van der Waals surface area contributed by atoms with E-state index in [0.29, 0.717) is 25.2 Å². The Morgan fingerprint density at radius 3 is 1.44 bits per heavy atom. The molecule has 6 nitrogen and oxygen atoms in total. The van der Waals surface area contributed by atoms with Crippen LogP contribution in [0.3, 0.4) is 0 Å². The van der Waals surface area contributed by atoms with Gasteiger partial charge in [0.15, 0.2) is 0 Å². The molecule has 2 heterocycles. The van der Waals surface area contributed by atoms with Gasteiger partial charge < -0.3 is 9.47 Å². The third kappa shape index (κ3) is 3.16. The van der Waals surface area contributed by atoms with Crippen LogP contribution in [0.1, 0.15) is 0 Å². The summed E-state index contributed by atoms with van der Waals surface area (Å²) in [5.41, 5.74) is 0. The number of nitrogens with zero attached hydrogens (tertiary/aromatic N) is 4. The second-order valence-electron chi connectivity index (χ2n) is 2.76. The summed E-state index contributed by atoms with van der Waals surface area (Å²) in [7, 11) is 0. The van der Waals surface area contributed by atoms with Crippen molar-refractivity contribution in [2.24, 2.45) is 0 Å². The van der Waals surface area contributed by atoms with Gasteiger partial charge in [-0.05, 0) is 12.1 Å². The normalized spacial score (nSPS) is 9.75. The van der Waals surface area contributed by atoms with Crippen molar-refractivity contribution in [3.05, 3.63) is 36.9 Å². The number of ether oxygens (including phenoxy) is 2. The van der Waals surface area contributed by atoms with Crippen LogP contribution in [0.5, 0.6) is 12.0 Å². The second-order valence-corrected chi connectivity index (χ2v) is 2.76. The van der Waals surface area contributed by atoms with E-state index in [9.17, 15) is 0 Å². The first-order valence-corrected chi connectivity index (χ1v) is 4.75. The van der Waals surface area contributed by atoms with Crippen molar-refractivity contribution in [2.45, 2.75) is 0 Å². The zero-order chi connectivity index (χ0) is 11.1. The van der Waals surface area contributed by atoms with Gasteiger partial charge in [-0.2, -0.15) is 0 Å². The molecule has 0 aromatic carbocycles. The van der Waals surface area contributed by atoms with Crippen molar-refractivity contribution in [2.75, 3.05) is 13.2 Å². The van der Waals surface area contributed by atoms with E-state index in [1.54, 1.807) is 36.9 Å². The number of rotatable bonds is 5. The highest BCUT2D eigenvalue weighted by atomic mass is 16.5. The Labute approximate surface area is 92.3 Å². The molecule has 2 aromatic heterocycles. The summed E-state index contributed by atoms with van der Waals surface area (Å²) in [4.78, 5) is 15.6. The highest BCUT2D eigenvalue weighted by Crippen LogP contribution is 1.99. The van der Waals surface area contributed by atoms with Crippen molar-refractivity contribution in [1.82, 2.24) is 19.9 Å². The largest absolute Gasteiger partial charge is 0.460 e. The van der Waals surface area contributed by atoms with Gasteiger partial charge in [0.25, 0.3) is 0 Å². The number of hydrogen-bond acceptors (Lipinski definition) is 6. The lowest BCUT2D eigenvalue weighted by molar-refractivity contribution is 0.196. The first kappa shape index (κ1) is 10.3. The Morgan fingerprint density at radius 1 is 0.688 bits per heavy atom. The van der Waals surface area contributed by atoms with Crippen LogP contribution in [0.4, 0.5) is 0 Å². The van der Waals surface area contributed by atoms with Crippen LogP contribution in [-0.2, 0) is 0 Å². The molecule has 0 atom stereocenters. The Kier molecular flexibility index (Phi) is 3.60. The van der Waals surface area contributed by atoms with Crippen LogP contribution in [0.2, 0.25) is 0 Å². The lowest BCUT2D eigenvalue weighted by atomic mass is 10.7. The van der Waals surface area contributed by atoms with Crippen LogP contribution in [0.25, 0.3) is 0 Å². The zero-order valence-corrected chi connectivity index (χ0v) is 8.48. The van der Waals surface area contributed by atoms with E-state index in [2.05, 4.69) is 19.9 Å². The average molecular weight is 218 g/mol. The molecule has 16 heavy (non-hydrogen) atoms. The first-order valence-electron chi connectivity index (χ1n) is 4.75. The minimum atomic E-state index is 0.333. The SMILES string of the molecule is c1cnc(OCCOc2ncccn2)nc1. The third-order valence-corrected chi connectivity index (χ3v) is 1.63. The maximum atomic E-state index is 5.22. The predicted molar refractivity (Wildman–Crippen MR) is 55.1 cm³/mol. The van der Waals surface area contributed by atoms with Gasteiger partial charge in [0, 0.05) is 24.8 Å². The maximum Gasteiger partial charge on any atom is 0.316 e. The number of aromatic nitrogens is 4. The summed E-state index contributed by atoms with van der Waals surface area (Å²) in [6.45, 7) is 0.699. The van der Waals surface area contributed by atoms with Gasteiger partial charge in [-0.3, -0.25) is 0 Å². The molecule has 0 radical (unpaired) electrons. The minimum absolute atomic E-state index is 0.333. The second kappa shape index (κ2) is 5.59. The molecule has 82 valence electrons. The minimum Gasteiger partial charge on any atom is -0.460 e. The monoisotopic (exact) mass is 218 g/mol. The van der Waals surface area contributed by atoms with E-state index in [0.717, 1.165) is 0 Å². The lowest BCUT2D eigenvalue weighted by Gasteiger charge is -2.04. The molecule has 0 fully saturated rings. The quantitative estimate of drug-likeness (QED) is 0.689. The summed E-state index contributed by atoms with van der Waals surface area (Å²) in [5, 5.41) is 0. The highest BCUT2D eigenvalue weighted by Gasteiger charge is 1.97. The molecule has 2 aromatic rings. The standard InChI is InChI=1S/C10H10N4O2/c1-3-11-9(12-4-1)15-7-8-16-10-13-5-2-6-14-10/h1-6H,7-8H2. The van der Waals surface area contributed by atoms with Crippen LogP contribution in [0.15, 0.2) is 36.9 Å².